The molecule has 0 bridgehead atoms. The molecular formula is C13H10F2N2O2S. The molecule has 0 aliphatic rings. The van der Waals surface area contributed by atoms with E-state index >= 15 is 0 Å². The second-order valence-electron chi connectivity index (χ2n) is 4.02. The van der Waals surface area contributed by atoms with Gasteiger partial charge in [-0.05, 0) is 12.1 Å². The number of rotatable bonds is 4. The largest absolute Gasteiger partial charge is 0.302 e. The van der Waals surface area contributed by atoms with Gasteiger partial charge in [-0.15, -0.1) is 11.3 Å². The normalized spacial score (nSPS) is 10.3. The molecule has 104 valence electrons. The van der Waals surface area contributed by atoms with E-state index in [4.69, 9.17) is 0 Å². The standard InChI is InChI=1S/C13H10F2N2O2S/c1-7(18)11-6-20-13(16-11)17-12(19)5-8-9(14)3-2-4-10(8)15/h2-4,6H,5H2,1H3,(H,16,17,19). The van der Waals surface area contributed by atoms with Crippen molar-refractivity contribution in [2.24, 2.45) is 0 Å². The maximum atomic E-state index is 13.4. The lowest BCUT2D eigenvalue weighted by Gasteiger charge is -2.04. The lowest BCUT2D eigenvalue weighted by atomic mass is 10.1. The van der Waals surface area contributed by atoms with Crippen molar-refractivity contribution in [2.75, 3.05) is 5.32 Å². The van der Waals surface area contributed by atoms with Crippen LogP contribution in [-0.4, -0.2) is 16.7 Å². The molecule has 0 saturated heterocycles. The Bertz CT molecular complexity index is 650. The van der Waals surface area contributed by atoms with Crippen LogP contribution in [0.4, 0.5) is 13.9 Å². The first-order valence-electron chi connectivity index (χ1n) is 5.66. The van der Waals surface area contributed by atoms with Gasteiger partial charge in [0.25, 0.3) is 0 Å². The van der Waals surface area contributed by atoms with Crippen LogP contribution in [0.3, 0.4) is 0 Å². The van der Waals surface area contributed by atoms with Crippen molar-refractivity contribution in [3.8, 4) is 0 Å². The van der Waals surface area contributed by atoms with Gasteiger partial charge in [-0.25, -0.2) is 13.8 Å². The summed E-state index contributed by atoms with van der Waals surface area (Å²) in [4.78, 5) is 26.6. The predicted octanol–water partition coefficient (Wildman–Crippen LogP) is 2.81. The number of carbonyl (C=O) groups excluding carboxylic acids is 2. The molecule has 1 amide bonds. The Hall–Kier alpha value is -2.15. The molecule has 4 nitrogen and oxygen atoms in total. The highest BCUT2D eigenvalue weighted by Gasteiger charge is 2.14. The van der Waals surface area contributed by atoms with E-state index in [1.54, 1.807) is 0 Å². The fourth-order valence-corrected chi connectivity index (χ4v) is 2.28. The minimum absolute atomic E-state index is 0.219. The number of amides is 1. The van der Waals surface area contributed by atoms with Crippen LogP contribution < -0.4 is 5.32 Å². The highest BCUT2D eigenvalue weighted by molar-refractivity contribution is 7.14. The highest BCUT2D eigenvalue weighted by atomic mass is 32.1. The third-order valence-corrected chi connectivity index (χ3v) is 3.27. The second-order valence-corrected chi connectivity index (χ2v) is 4.88. The van der Waals surface area contributed by atoms with Crippen LogP contribution in [0.25, 0.3) is 0 Å². The Morgan fingerprint density at radius 3 is 2.50 bits per heavy atom. The number of Topliss-reactive ketones (excluding diaryl/α,β-unsaturated/α-hetero) is 1. The molecule has 1 aromatic carbocycles. The van der Waals surface area contributed by atoms with Gasteiger partial charge in [0, 0.05) is 17.9 Å². The number of ketones is 1. The zero-order valence-corrected chi connectivity index (χ0v) is 11.3. The third kappa shape index (κ3) is 3.24. The summed E-state index contributed by atoms with van der Waals surface area (Å²) < 4.78 is 26.8. The highest BCUT2D eigenvalue weighted by Crippen LogP contribution is 2.17. The van der Waals surface area contributed by atoms with E-state index in [1.165, 1.54) is 18.4 Å². The molecule has 0 fully saturated rings. The molecule has 7 heteroatoms. The smallest absolute Gasteiger partial charge is 0.230 e. The summed E-state index contributed by atoms with van der Waals surface area (Å²) in [6, 6.07) is 3.40. The van der Waals surface area contributed by atoms with Crippen LogP contribution in [0.15, 0.2) is 23.6 Å². The molecular weight excluding hydrogens is 286 g/mol. The molecule has 2 aromatic rings. The number of anilines is 1. The lowest BCUT2D eigenvalue weighted by molar-refractivity contribution is -0.115. The maximum absolute atomic E-state index is 13.4. The number of thiazole rings is 1. The van der Waals surface area contributed by atoms with Crippen molar-refractivity contribution in [2.45, 2.75) is 13.3 Å². The number of hydrogen-bond donors (Lipinski definition) is 1. The Morgan fingerprint density at radius 2 is 1.95 bits per heavy atom. The van der Waals surface area contributed by atoms with E-state index in [-0.39, 0.29) is 22.2 Å². The fourth-order valence-electron chi connectivity index (χ4n) is 1.52. The molecule has 2 rings (SSSR count). The average Bonchev–Trinajstić information content (AvgIpc) is 2.82. The summed E-state index contributed by atoms with van der Waals surface area (Å²) in [5, 5.41) is 4.12. The van der Waals surface area contributed by atoms with Gasteiger partial charge in [-0.2, -0.15) is 0 Å². The van der Waals surface area contributed by atoms with Gasteiger partial charge < -0.3 is 5.32 Å². The SMILES string of the molecule is CC(=O)c1csc(NC(=O)Cc2c(F)cccc2F)n1. The van der Waals surface area contributed by atoms with Gasteiger partial charge in [0.15, 0.2) is 10.9 Å². The molecule has 0 atom stereocenters. The van der Waals surface area contributed by atoms with Gasteiger partial charge in [0.05, 0.1) is 6.42 Å². The van der Waals surface area contributed by atoms with Gasteiger partial charge in [0.2, 0.25) is 5.91 Å². The van der Waals surface area contributed by atoms with Crippen LogP contribution in [0.2, 0.25) is 0 Å². The van der Waals surface area contributed by atoms with Crippen LogP contribution in [0.5, 0.6) is 0 Å². The maximum Gasteiger partial charge on any atom is 0.230 e. The van der Waals surface area contributed by atoms with E-state index in [2.05, 4.69) is 10.3 Å². The number of benzene rings is 1. The molecule has 0 aliphatic heterocycles. The van der Waals surface area contributed by atoms with Gasteiger partial charge in [0.1, 0.15) is 17.3 Å². The molecule has 0 radical (unpaired) electrons. The Balaban J connectivity index is 2.07. The summed E-state index contributed by atoms with van der Waals surface area (Å²) >= 11 is 1.07. The van der Waals surface area contributed by atoms with E-state index < -0.39 is 24.0 Å². The number of halogens is 2. The van der Waals surface area contributed by atoms with Crippen LogP contribution >= 0.6 is 11.3 Å². The van der Waals surface area contributed by atoms with Crippen LogP contribution in [-0.2, 0) is 11.2 Å². The lowest BCUT2D eigenvalue weighted by Crippen LogP contribution is -2.16. The minimum atomic E-state index is -0.774. The number of carbonyl (C=O) groups is 2. The zero-order valence-electron chi connectivity index (χ0n) is 10.4. The van der Waals surface area contributed by atoms with Gasteiger partial charge in [-0.3, -0.25) is 9.59 Å². The summed E-state index contributed by atoms with van der Waals surface area (Å²) in [6.07, 6.45) is -0.437. The Kier molecular flexibility index (Phi) is 4.19. The van der Waals surface area contributed by atoms with E-state index in [0.717, 1.165) is 23.5 Å². The molecule has 0 saturated carbocycles. The minimum Gasteiger partial charge on any atom is -0.302 e. The van der Waals surface area contributed by atoms with Crippen LogP contribution in [0.1, 0.15) is 23.0 Å². The topological polar surface area (TPSA) is 59.1 Å². The first-order valence-corrected chi connectivity index (χ1v) is 6.54. The third-order valence-electron chi connectivity index (χ3n) is 2.51. The molecule has 0 spiro atoms. The molecule has 0 unspecified atom stereocenters. The monoisotopic (exact) mass is 296 g/mol. The number of hydrogen-bond acceptors (Lipinski definition) is 4. The van der Waals surface area contributed by atoms with Crippen molar-refractivity contribution in [3.63, 3.8) is 0 Å². The molecule has 1 aromatic heterocycles. The number of aromatic nitrogens is 1. The van der Waals surface area contributed by atoms with Crippen molar-refractivity contribution < 1.29 is 18.4 Å². The number of nitrogens with zero attached hydrogens (tertiary/aromatic N) is 1. The van der Waals surface area contributed by atoms with Crippen molar-refractivity contribution in [1.82, 2.24) is 4.98 Å². The van der Waals surface area contributed by atoms with Gasteiger partial charge >= 0.3 is 0 Å². The second kappa shape index (κ2) is 5.87. The molecule has 20 heavy (non-hydrogen) atoms. The van der Waals surface area contributed by atoms with E-state index in [1.807, 2.05) is 0 Å². The summed E-state index contributed by atoms with van der Waals surface area (Å²) in [5.74, 6) is -2.37. The molecule has 0 aliphatic carbocycles. The average molecular weight is 296 g/mol. The van der Waals surface area contributed by atoms with Crippen LogP contribution in [0, 0.1) is 11.6 Å². The van der Waals surface area contributed by atoms with E-state index in [9.17, 15) is 18.4 Å². The molecule has 1 heterocycles. The Morgan fingerprint density at radius 1 is 1.30 bits per heavy atom. The predicted molar refractivity (Wildman–Crippen MR) is 70.8 cm³/mol. The van der Waals surface area contributed by atoms with Crippen molar-refractivity contribution in [1.29, 1.82) is 0 Å². The van der Waals surface area contributed by atoms with E-state index in [0.29, 0.717) is 0 Å². The van der Waals surface area contributed by atoms with Crippen molar-refractivity contribution in [3.05, 3.63) is 46.5 Å². The first-order chi connectivity index (χ1) is 9.47. The summed E-state index contributed by atoms with van der Waals surface area (Å²) in [5.41, 5.74) is -0.0595. The van der Waals surface area contributed by atoms with Crippen molar-refractivity contribution >= 4 is 28.2 Å². The quantitative estimate of drug-likeness (QED) is 0.883. The summed E-state index contributed by atoms with van der Waals surface area (Å²) in [6.45, 7) is 1.36. The summed E-state index contributed by atoms with van der Waals surface area (Å²) in [7, 11) is 0. The fraction of sp³-hybridized carbons (Fsp3) is 0.154. The first kappa shape index (κ1) is 14.3. The molecule has 1 N–H and O–H groups in total. The zero-order chi connectivity index (χ0) is 14.7. The number of nitrogens with one attached hydrogen (secondary N) is 1. The van der Waals surface area contributed by atoms with Gasteiger partial charge in [-0.1, -0.05) is 6.07 Å². The Labute approximate surface area is 117 Å².